The molecule has 1 aromatic carbocycles. The second-order valence-corrected chi connectivity index (χ2v) is 3.33. The van der Waals surface area contributed by atoms with Gasteiger partial charge in [-0.05, 0) is 6.07 Å². The van der Waals surface area contributed by atoms with Gasteiger partial charge in [-0.3, -0.25) is 10.9 Å². The molecule has 4 N–H and O–H groups in total. The van der Waals surface area contributed by atoms with E-state index in [0.717, 1.165) is 0 Å². The molecule has 1 aromatic heterocycles. The number of nitrogens with two attached hydrogens (primary N) is 1. The van der Waals surface area contributed by atoms with E-state index in [4.69, 9.17) is 10.6 Å². The minimum Gasteiger partial charge on any atom is -0.494 e. The maximum Gasteiger partial charge on any atom is 0.170 e. The number of hydrazine groups is 1. The Balaban J connectivity index is 2.44. The summed E-state index contributed by atoms with van der Waals surface area (Å²) >= 11 is 0. The van der Waals surface area contributed by atoms with Crippen molar-refractivity contribution in [2.75, 3.05) is 7.11 Å². The van der Waals surface area contributed by atoms with Crippen molar-refractivity contribution in [3.05, 3.63) is 41.7 Å². The van der Waals surface area contributed by atoms with Gasteiger partial charge in [0.25, 0.3) is 0 Å². The normalized spacial score (nSPS) is 12.4. The van der Waals surface area contributed by atoms with Crippen LogP contribution in [0.4, 0.5) is 4.39 Å². The van der Waals surface area contributed by atoms with Gasteiger partial charge < -0.3 is 4.74 Å². The van der Waals surface area contributed by atoms with Crippen molar-refractivity contribution in [1.82, 2.24) is 20.6 Å². The molecule has 0 radical (unpaired) electrons. The first-order chi connectivity index (χ1) is 8.27. The highest BCUT2D eigenvalue weighted by molar-refractivity contribution is 5.35. The van der Waals surface area contributed by atoms with Crippen LogP contribution in [0.2, 0.25) is 0 Å². The summed E-state index contributed by atoms with van der Waals surface area (Å²) in [4.78, 5) is 3.94. The van der Waals surface area contributed by atoms with Crippen molar-refractivity contribution in [3.63, 3.8) is 0 Å². The third-order valence-electron chi connectivity index (χ3n) is 2.40. The number of hydrogen-bond donors (Lipinski definition) is 3. The predicted molar refractivity (Wildman–Crippen MR) is 58.5 cm³/mol. The molecule has 0 bridgehead atoms. The molecular formula is C10H12FN5O. The number of benzene rings is 1. The Bertz CT molecular complexity index is 487. The molecule has 0 aliphatic heterocycles. The van der Waals surface area contributed by atoms with Crippen LogP contribution in [0.3, 0.4) is 0 Å². The number of nitrogens with one attached hydrogen (secondary N) is 2. The minimum absolute atomic E-state index is 0.155. The van der Waals surface area contributed by atoms with Gasteiger partial charge in [0.15, 0.2) is 11.6 Å². The Labute approximate surface area is 97.0 Å². The molecule has 0 fully saturated rings. The highest BCUT2D eigenvalue weighted by Crippen LogP contribution is 2.26. The van der Waals surface area contributed by atoms with Gasteiger partial charge in [-0.1, -0.05) is 12.1 Å². The first-order valence-corrected chi connectivity index (χ1v) is 4.91. The lowest BCUT2D eigenvalue weighted by Crippen LogP contribution is -2.30. The van der Waals surface area contributed by atoms with Crippen molar-refractivity contribution in [3.8, 4) is 5.75 Å². The maximum atomic E-state index is 14.0. The lowest BCUT2D eigenvalue weighted by Gasteiger charge is -2.15. The number of nitrogens with zero attached hydrogens (tertiary/aromatic N) is 2. The van der Waals surface area contributed by atoms with Gasteiger partial charge in [0.05, 0.1) is 7.11 Å². The summed E-state index contributed by atoms with van der Waals surface area (Å²) in [7, 11) is 1.40. The smallest absolute Gasteiger partial charge is 0.170 e. The number of hydrogen-bond acceptors (Lipinski definition) is 5. The molecule has 1 atom stereocenters. The van der Waals surface area contributed by atoms with Crippen LogP contribution in [0.15, 0.2) is 24.5 Å². The Kier molecular flexibility index (Phi) is 3.31. The van der Waals surface area contributed by atoms with Crippen molar-refractivity contribution >= 4 is 0 Å². The van der Waals surface area contributed by atoms with E-state index in [9.17, 15) is 4.39 Å². The zero-order valence-electron chi connectivity index (χ0n) is 9.14. The zero-order valence-corrected chi connectivity index (χ0v) is 9.14. The summed E-state index contributed by atoms with van der Waals surface area (Å²) in [5.74, 6) is 5.52. The Morgan fingerprint density at radius 2 is 2.35 bits per heavy atom. The fourth-order valence-corrected chi connectivity index (χ4v) is 1.58. The molecule has 0 saturated heterocycles. The fraction of sp³-hybridized carbons (Fsp3) is 0.200. The quantitative estimate of drug-likeness (QED) is 0.532. The van der Waals surface area contributed by atoms with E-state index in [0.29, 0.717) is 11.4 Å². The topological polar surface area (TPSA) is 88.8 Å². The van der Waals surface area contributed by atoms with Crippen LogP contribution in [-0.2, 0) is 0 Å². The first kappa shape index (κ1) is 11.5. The average molecular weight is 237 g/mol. The van der Waals surface area contributed by atoms with Gasteiger partial charge in [-0.2, -0.15) is 5.10 Å². The summed E-state index contributed by atoms with van der Waals surface area (Å²) < 4.78 is 18.9. The zero-order chi connectivity index (χ0) is 12.3. The number of H-pyrrole nitrogens is 1. The van der Waals surface area contributed by atoms with E-state index >= 15 is 0 Å². The van der Waals surface area contributed by atoms with Crippen LogP contribution in [-0.4, -0.2) is 22.3 Å². The van der Waals surface area contributed by atoms with E-state index in [1.165, 1.54) is 19.5 Å². The Morgan fingerprint density at radius 1 is 1.53 bits per heavy atom. The predicted octanol–water partition coefficient (Wildman–Crippen LogP) is 0.505. The molecule has 0 aliphatic rings. The molecule has 1 unspecified atom stereocenters. The van der Waals surface area contributed by atoms with Gasteiger partial charge in [0, 0.05) is 5.56 Å². The number of aromatic amines is 1. The van der Waals surface area contributed by atoms with Gasteiger partial charge >= 0.3 is 0 Å². The van der Waals surface area contributed by atoms with Crippen LogP contribution in [0, 0.1) is 5.82 Å². The molecular weight excluding hydrogens is 225 g/mol. The van der Waals surface area contributed by atoms with Crippen LogP contribution in [0.25, 0.3) is 0 Å². The Morgan fingerprint density at radius 3 is 2.94 bits per heavy atom. The third-order valence-corrected chi connectivity index (χ3v) is 2.40. The molecule has 0 amide bonds. The standard InChI is InChI=1S/C10H12FN5O/c1-17-7-4-2-3-6(8(7)11)9(15-12)10-13-5-14-16-10/h2-5,9,15H,12H2,1H3,(H,13,14,16). The molecule has 17 heavy (non-hydrogen) atoms. The second-order valence-electron chi connectivity index (χ2n) is 3.33. The van der Waals surface area contributed by atoms with Crippen LogP contribution < -0.4 is 16.0 Å². The summed E-state index contributed by atoms with van der Waals surface area (Å²) in [5, 5.41) is 6.34. The number of halogens is 1. The van der Waals surface area contributed by atoms with Gasteiger partial charge in [-0.15, -0.1) is 0 Å². The number of aromatic nitrogens is 3. The van der Waals surface area contributed by atoms with Crippen LogP contribution in [0.1, 0.15) is 17.4 Å². The summed E-state index contributed by atoms with van der Waals surface area (Å²) in [6.45, 7) is 0. The Hall–Kier alpha value is -1.99. The first-order valence-electron chi connectivity index (χ1n) is 4.91. The number of methoxy groups -OCH3 is 1. The highest BCUT2D eigenvalue weighted by Gasteiger charge is 2.21. The molecule has 2 aromatic rings. The van der Waals surface area contributed by atoms with Crippen molar-refractivity contribution in [1.29, 1.82) is 0 Å². The average Bonchev–Trinajstić information content (AvgIpc) is 2.86. The molecule has 2 rings (SSSR count). The van der Waals surface area contributed by atoms with E-state index in [-0.39, 0.29) is 5.75 Å². The lowest BCUT2D eigenvalue weighted by molar-refractivity contribution is 0.381. The van der Waals surface area contributed by atoms with E-state index in [2.05, 4.69) is 20.6 Å². The van der Waals surface area contributed by atoms with Crippen molar-refractivity contribution in [2.24, 2.45) is 5.84 Å². The molecule has 90 valence electrons. The van der Waals surface area contributed by atoms with Crippen molar-refractivity contribution < 1.29 is 9.13 Å². The van der Waals surface area contributed by atoms with Crippen LogP contribution >= 0.6 is 0 Å². The largest absolute Gasteiger partial charge is 0.494 e. The molecule has 0 saturated carbocycles. The highest BCUT2D eigenvalue weighted by atomic mass is 19.1. The second kappa shape index (κ2) is 4.89. The monoisotopic (exact) mass is 237 g/mol. The third kappa shape index (κ3) is 2.10. The summed E-state index contributed by atoms with van der Waals surface area (Å²) in [5.41, 5.74) is 2.82. The van der Waals surface area contributed by atoms with Crippen molar-refractivity contribution in [2.45, 2.75) is 6.04 Å². The van der Waals surface area contributed by atoms with Crippen LogP contribution in [0.5, 0.6) is 5.75 Å². The molecule has 1 heterocycles. The maximum absolute atomic E-state index is 14.0. The number of rotatable bonds is 4. The molecule has 7 heteroatoms. The SMILES string of the molecule is COc1cccc(C(NN)c2ncn[nH]2)c1F. The minimum atomic E-state index is -0.604. The number of ether oxygens (including phenoxy) is 1. The lowest BCUT2D eigenvalue weighted by atomic mass is 10.1. The van der Waals surface area contributed by atoms with E-state index in [1.54, 1.807) is 12.1 Å². The fourth-order valence-electron chi connectivity index (χ4n) is 1.58. The van der Waals surface area contributed by atoms with E-state index in [1.807, 2.05) is 0 Å². The van der Waals surface area contributed by atoms with Gasteiger partial charge in [0.2, 0.25) is 0 Å². The summed E-state index contributed by atoms with van der Waals surface area (Å²) in [6, 6.07) is 4.21. The summed E-state index contributed by atoms with van der Waals surface area (Å²) in [6.07, 6.45) is 1.33. The molecule has 0 spiro atoms. The van der Waals surface area contributed by atoms with E-state index < -0.39 is 11.9 Å². The van der Waals surface area contributed by atoms with Gasteiger partial charge in [0.1, 0.15) is 18.2 Å². The molecule has 0 aliphatic carbocycles. The molecule has 6 nitrogen and oxygen atoms in total. The van der Waals surface area contributed by atoms with Gasteiger partial charge in [-0.25, -0.2) is 14.8 Å².